The van der Waals surface area contributed by atoms with Crippen LogP contribution in [-0.4, -0.2) is 10.9 Å². The largest absolute Gasteiger partial charge is 0.338 e. The molecule has 4 rings (SSSR count). The maximum absolute atomic E-state index is 13.0. The normalized spacial score (nSPS) is 22.0. The van der Waals surface area contributed by atoms with Gasteiger partial charge in [-0.05, 0) is 31.2 Å². The molecule has 2 aliphatic rings. The van der Waals surface area contributed by atoms with Crippen LogP contribution in [0.5, 0.6) is 0 Å². The van der Waals surface area contributed by atoms with Gasteiger partial charge in [0, 0.05) is 23.6 Å². The first-order chi connectivity index (χ1) is 11.4. The monoisotopic (exact) mass is 322 g/mol. The number of hydrogen-bond donors (Lipinski definition) is 1. The van der Waals surface area contributed by atoms with Gasteiger partial charge in [-0.25, -0.2) is 0 Å². The number of aromatic nitrogens is 1. The lowest BCUT2D eigenvalue weighted by Gasteiger charge is -2.37. The number of fused-ring (bicyclic) bond motifs is 1. The molecular formula is C20H22N2O2. The summed E-state index contributed by atoms with van der Waals surface area (Å²) < 4.78 is 5.51. The minimum atomic E-state index is -0.0917. The predicted octanol–water partition coefficient (Wildman–Crippen LogP) is 4.49. The third-order valence-electron chi connectivity index (χ3n) is 5.05. The van der Waals surface area contributed by atoms with E-state index in [1.165, 1.54) is 5.56 Å². The second-order valence-electron chi connectivity index (χ2n) is 7.82. The van der Waals surface area contributed by atoms with Gasteiger partial charge in [-0.2, -0.15) is 0 Å². The number of nitrogens with one attached hydrogen (secondary N) is 1. The van der Waals surface area contributed by atoms with Crippen molar-refractivity contribution in [3.8, 4) is 0 Å². The van der Waals surface area contributed by atoms with Crippen LogP contribution in [0.3, 0.4) is 0 Å². The molecule has 0 bridgehead atoms. The molecule has 0 spiro atoms. The van der Waals surface area contributed by atoms with Crippen molar-refractivity contribution in [2.75, 3.05) is 5.32 Å². The predicted molar refractivity (Wildman–Crippen MR) is 92.9 cm³/mol. The molecule has 1 atom stereocenters. The molecule has 2 heterocycles. The molecule has 1 aromatic heterocycles. The van der Waals surface area contributed by atoms with E-state index in [9.17, 15) is 4.79 Å². The first-order valence-corrected chi connectivity index (χ1v) is 8.42. The van der Waals surface area contributed by atoms with Crippen molar-refractivity contribution in [1.82, 2.24) is 5.16 Å². The molecule has 4 heteroatoms. The van der Waals surface area contributed by atoms with Crippen LogP contribution in [0.25, 0.3) is 0 Å². The first kappa shape index (κ1) is 15.2. The van der Waals surface area contributed by atoms with Gasteiger partial charge in [0.05, 0.1) is 11.3 Å². The topological polar surface area (TPSA) is 55.1 Å². The number of carbonyl (C=O) groups is 1. The molecular weight excluding hydrogens is 300 g/mol. The van der Waals surface area contributed by atoms with E-state index in [1.54, 1.807) is 0 Å². The Kier molecular flexibility index (Phi) is 3.21. The van der Waals surface area contributed by atoms with Gasteiger partial charge in [-0.3, -0.25) is 4.79 Å². The van der Waals surface area contributed by atoms with E-state index < -0.39 is 0 Å². The number of carbonyl (C=O) groups excluding carboxylic acids is 1. The lowest BCUT2D eigenvalue weighted by atomic mass is 9.69. The SMILES string of the molecule is Cc1cccc([C@H]2C3=C(CC(C)(C)CC3=O)Nc3onc(C)c32)c1. The molecule has 0 unspecified atom stereocenters. The third-order valence-corrected chi connectivity index (χ3v) is 5.05. The van der Waals surface area contributed by atoms with Crippen LogP contribution >= 0.6 is 0 Å². The van der Waals surface area contributed by atoms with Gasteiger partial charge >= 0.3 is 0 Å². The summed E-state index contributed by atoms with van der Waals surface area (Å²) in [6.07, 6.45) is 1.42. The fraction of sp³-hybridized carbons (Fsp3) is 0.400. The van der Waals surface area contributed by atoms with Crippen LogP contribution in [0.1, 0.15) is 55.0 Å². The number of rotatable bonds is 1. The quantitative estimate of drug-likeness (QED) is 0.840. The van der Waals surface area contributed by atoms with Crippen LogP contribution in [-0.2, 0) is 4.79 Å². The maximum atomic E-state index is 13.0. The standard InChI is InChI=1S/C20H22N2O2/c1-11-6-5-7-13(8-11)17-16-12(2)22-24-19(16)21-14-9-20(3,4)10-15(23)18(14)17/h5-8,17,21H,9-10H2,1-4H3/t17-/m1/s1. The number of Topliss-reactive ketones (excluding diaryl/α,β-unsaturated/α-hetero) is 1. The molecule has 0 saturated carbocycles. The number of allylic oxidation sites excluding steroid dienone is 2. The molecule has 1 N–H and O–H groups in total. The number of benzene rings is 1. The third kappa shape index (κ3) is 2.29. The van der Waals surface area contributed by atoms with E-state index in [0.717, 1.165) is 34.5 Å². The van der Waals surface area contributed by atoms with E-state index in [1.807, 2.05) is 13.0 Å². The number of aryl methyl sites for hydroxylation is 2. The zero-order valence-corrected chi connectivity index (χ0v) is 14.6. The van der Waals surface area contributed by atoms with Crippen molar-refractivity contribution in [1.29, 1.82) is 0 Å². The molecule has 0 saturated heterocycles. The van der Waals surface area contributed by atoms with Crippen molar-refractivity contribution in [2.45, 2.75) is 46.5 Å². The zero-order valence-electron chi connectivity index (χ0n) is 14.6. The number of anilines is 1. The van der Waals surface area contributed by atoms with Crippen molar-refractivity contribution in [2.24, 2.45) is 5.41 Å². The lowest BCUT2D eigenvalue weighted by molar-refractivity contribution is -0.118. The summed E-state index contributed by atoms with van der Waals surface area (Å²) in [5.41, 5.74) is 6.00. The van der Waals surface area contributed by atoms with Crippen LogP contribution < -0.4 is 5.32 Å². The summed E-state index contributed by atoms with van der Waals surface area (Å²) in [6, 6.07) is 8.38. The Morgan fingerprint density at radius 1 is 1.25 bits per heavy atom. The molecule has 1 aliphatic heterocycles. The van der Waals surface area contributed by atoms with Gasteiger partial charge in [0.15, 0.2) is 5.78 Å². The summed E-state index contributed by atoms with van der Waals surface area (Å²) in [7, 11) is 0. The number of ketones is 1. The van der Waals surface area contributed by atoms with Crippen LogP contribution in [0, 0.1) is 19.3 Å². The van der Waals surface area contributed by atoms with Crippen molar-refractivity contribution in [3.05, 3.63) is 57.9 Å². The Labute approximate surface area is 141 Å². The Morgan fingerprint density at radius 2 is 2.04 bits per heavy atom. The molecule has 24 heavy (non-hydrogen) atoms. The van der Waals surface area contributed by atoms with Gasteiger partial charge in [-0.1, -0.05) is 48.8 Å². The average Bonchev–Trinajstić information content (AvgIpc) is 2.85. The molecule has 0 fully saturated rings. The van der Waals surface area contributed by atoms with Gasteiger partial charge in [0.1, 0.15) is 0 Å². The van der Waals surface area contributed by atoms with E-state index in [-0.39, 0.29) is 17.1 Å². The lowest BCUT2D eigenvalue weighted by Crippen LogP contribution is -2.33. The van der Waals surface area contributed by atoms with Crippen LogP contribution in [0.4, 0.5) is 5.88 Å². The summed E-state index contributed by atoms with van der Waals surface area (Å²) in [4.78, 5) is 13.0. The Hall–Kier alpha value is -2.36. The second-order valence-corrected chi connectivity index (χ2v) is 7.82. The van der Waals surface area contributed by atoms with E-state index in [0.29, 0.717) is 12.3 Å². The first-order valence-electron chi connectivity index (χ1n) is 8.42. The van der Waals surface area contributed by atoms with Crippen molar-refractivity contribution >= 4 is 11.7 Å². The summed E-state index contributed by atoms with van der Waals surface area (Å²) in [6.45, 7) is 8.29. The van der Waals surface area contributed by atoms with E-state index in [4.69, 9.17) is 4.52 Å². The van der Waals surface area contributed by atoms with Gasteiger partial charge < -0.3 is 9.84 Å². The Bertz CT molecular complexity index is 874. The molecule has 0 amide bonds. The van der Waals surface area contributed by atoms with Crippen molar-refractivity contribution < 1.29 is 9.32 Å². The zero-order chi connectivity index (χ0) is 17.1. The molecule has 0 radical (unpaired) electrons. The second kappa shape index (κ2) is 5.07. The van der Waals surface area contributed by atoms with Crippen LogP contribution in [0.2, 0.25) is 0 Å². The van der Waals surface area contributed by atoms with E-state index >= 15 is 0 Å². The highest BCUT2D eigenvalue weighted by molar-refractivity contribution is 6.01. The fourth-order valence-corrected chi connectivity index (χ4v) is 4.05. The molecule has 1 aromatic carbocycles. The molecule has 2 aromatic rings. The molecule has 4 nitrogen and oxygen atoms in total. The number of nitrogens with zero attached hydrogens (tertiary/aromatic N) is 1. The van der Waals surface area contributed by atoms with Gasteiger partial charge in [-0.15, -0.1) is 0 Å². The maximum Gasteiger partial charge on any atom is 0.233 e. The molecule has 1 aliphatic carbocycles. The average molecular weight is 322 g/mol. The highest BCUT2D eigenvalue weighted by atomic mass is 16.5. The minimum Gasteiger partial charge on any atom is -0.338 e. The summed E-state index contributed by atoms with van der Waals surface area (Å²) in [5.74, 6) is 0.820. The fourth-order valence-electron chi connectivity index (χ4n) is 4.05. The summed E-state index contributed by atoms with van der Waals surface area (Å²) in [5, 5.41) is 7.49. The molecule has 124 valence electrons. The Morgan fingerprint density at radius 3 is 2.79 bits per heavy atom. The Balaban J connectivity index is 1.95. The number of hydrogen-bond acceptors (Lipinski definition) is 4. The smallest absolute Gasteiger partial charge is 0.233 e. The van der Waals surface area contributed by atoms with Crippen LogP contribution in [0.15, 0.2) is 40.1 Å². The minimum absolute atomic E-state index is 0.0351. The van der Waals surface area contributed by atoms with E-state index in [2.05, 4.69) is 49.4 Å². The summed E-state index contributed by atoms with van der Waals surface area (Å²) >= 11 is 0. The highest BCUT2D eigenvalue weighted by Gasteiger charge is 2.42. The van der Waals surface area contributed by atoms with Gasteiger partial charge in [0.2, 0.25) is 5.88 Å². The van der Waals surface area contributed by atoms with Crippen molar-refractivity contribution in [3.63, 3.8) is 0 Å². The van der Waals surface area contributed by atoms with Gasteiger partial charge in [0.25, 0.3) is 0 Å². The highest BCUT2D eigenvalue weighted by Crippen LogP contribution is 2.49.